The van der Waals surface area contributed by atoms with Crippen molar-refractivity contribution >= 4 is 23.1 Å². The summed E-state index contributed by atoms with van der Waals surface area (Å²) in [4.78, 5) is 11.3. The van der Waals surface area contributed by atoms with E-state index < -0.39 is 0 Å². The molecule has 0 amide bonds. The fourth-order valence-electron chi connectivity index (χ4n) is 2.89. The lowest BCUT2D eigenvalue weighted by Crippen LogP contribution is -2.18. The molecule has 3 aromatic carbocycles. The van der Waals surface area contributed by atoms with Crippen molar-refractivity contribution in [3.8, 4) is 0 Å². The van der Waals surface area contributed by atoms with Crippen LogP contribution in [0.1, 0.15) is 5.56 Å². The smallest absolute Gasteiger partial charge is 0.229 e. The third-order valence-electron chi connectivity index (χ3n) is 4.20. The molecule has 0 aliphatic rings. The van der Waals surface area contributed by atoms with Gasteiger partial charge in [0, 0.05) is 24.1 Å². The fraction of sp³-hybridized carbons (Fsp3) is 0.0435. The Morgan fingerprint density at radius 3 is 2.04 bits per heavy atom. The fourth-order valence-corrected chi connectivity index (χ4v) is 2.89. The SMILES string of the molecule is c1ccc(CN(c2ccccc2)c2ccnc(Nc3ccccc3)n2)cc1. The van der Waals surface area contributed by atoms with Gasteiger partial charge in [-0.05, 0) is 35.9 Å². The number of nitrogens with zero attached hydrogens (tertiary/aromatic N) is 3. The monoisotopic (exact) mass is 352 g/mol. The van der Waals surface area contributed by atoms with Gasteiger partial charge in [0.2, 0.25) is 5.95 Å². The third kappa shape index (κ3) is 4.30. The summed E-state index contributed by atoms with van der Waals surface area (Å²) < 4.78 is 0. The number of rotatable bonds is 6. The van der Waals surface area contributed by atoms with Crippen molar-refractivity contribution in [2.24, 2.45) is 0 Å². The van der Waals surface area contributed by atoms with Gasteiger partial charge in [-0.1, -0.05) is 66.7 Å². The van der Waals surface area contributed by atoms with Crippen LogP contribution in [0, 0.1) is 0 Å². The van der Waals surface area contributed by atoms with Crippen LogP contribution < -0.4 is 10.2 Å². The number of hydrogen-bond donors (Lipinski definition) is 1. The molecule has 4 nitrogen and oxygen atoms in total. The Balaban J connectivity index is 1.66. The third-order valence-corrected chi connectivity index (χ3v) is 4.20. The summed E-state index contributed by atoms with van der Waals surface area (Å²) in [5.74, 6) is 1.42. The topological polar surface area (TPSA) is 41.1 Å². The van der Waals surface area contributed by atoms with Crippen LogP contribution in [-0.2, 0) is 6.54 Å². The van der Waals surface area contributed by atoms with Crippen molar-refractivity contribution in [3.05, 3.63) is 109 Å². The van der Waals surface area contributed by atoms with Crippen molar-refractivity contribution in [3.63, 3.8) is 0 Å². The molecular weight excluding hydrogens is 332 g/mol. The zero-order valence-electron chi connectivity index (χ0n) is 14.9. The Labute approximate surface area is 159 Å². The van der Waals surface area contributed by atoms with Gasteiger partial charge in [0.25, 0.3) is 0 Å². The molecule has 4 rings (SSSR count). The molecule has 1 heterocycles. The Morgan fingerprint density at radius 2 is 1.33 bits per heavy atom. The molecule has 0 saturated heterocycles. The summed E-state index contributed by atoms with van der Waals surface area (Å²) in [5.41, 5.74) is 3.27. The average Bonchev–Trinajstić information content (AvgIpc) is 2.74. The second-order valence-corrected chi connectivity index (χ2v) is 6.14. The van der Waals surface area contributed by atoms with Gasteiger partial charge < -0.3 is 10.2 Å². The summed E-state index contributed by atoms with van der Waals surface area (Å²) in [5, 5.41) is 3.27. The maximum atomic E-state index is 4.74. The first-order valence-electron chi connectivity index (χ1n) is 8.90. The van der Waals surface area contributed by atoms with Gasteiger partial charge >= 0.3 is 0 Å². The standard InChI is InChI=1S/C23H20N4/c1-4-10-19(11-5-1)18-27(21-14-8-3-9-15-21)22-16-17-24-23(26-22)25-20-12-6-2-7-13-20/h1-17H,18H2,(H,24,25,26). The van der Waals surface area contributed by atoms with Gasteiger partial charge in [-0.25, -0.2) is 4.98 Å². The first-order chi connectivity index (χ1) is 13.4. The molecule has 0 spiro atoms. The molecule has 4 aromatic rings. The van der Waals surface area contributed by atoms with E-state index in [1.807, 2.05) is 60.7 Å². The molecule has 0 atom stereocenters. The number of aromatic nitrogens is 2. The van der Waals surface area contributed by atoms with E-state index in [9.17, 15) is 0 Å². The van der Waals surface area contributed by atoms with Crippen molar-refractivity contribution in [2.75, 3.05) is 10.2 Å². The van der Waals surface area contributed by atoms with E-state index in [2.05, 4.69) is 51.6 Å². The van der Waals surface area contributed by atoms with Crippen molar-refractivity contribution in [2.45, 2.75) is 6.54 Å². The highest BCUT2D eigenvalue weighted by atomic mass is 15.2. The minimum absolute atomic E-state index is 0.577. The van der Waals surface area contributed by atoms with Crippen LogP contribution >= 0.6 is 0 Å². The summed E-state index contributed by atoms with van der Waals surface area (Å²) >= 11 is 0. The summed E-state index contributed by atoms with van der Waals surface area (Å²) in [6.45, 7) is 0.729. The van der Waals surface area contributed by atoms with Crippen molar-refractivity contribution in [1.29, 1.82) is 0 Å². The minimum Gasteiger partial charge on any atom is -0.324 e. The Bertz CT molecular complexity index is 973. The van der Waals surface area contributed by atoms with Crippen LogP contribution in [0.5, 0.6) is 0 Å². The Morgan fingerprint density at radius 1 is 0.704 bits per heavy atom. The number of para-hydroxylation sites is 2. The molecule has 0 aliphatic carbocycles. The van der Waals surface area contributed by atoms with Crippen LogP contribution in [0.15, 0.2) is 103 Å². The molecule has 0 fully saturated rings. The molecule has 0 radical (unpaired) electrons. The highest BCUT2D eigenvalue weighted by Crippen LogP contribution is 2.26. The Kier molecular flexibility index (Phi) is 5.07. The van der Waals surface area contributed by atoms with Gasteiger partial charge in [0.1, 0.15) is 5.82 Å². The van der Waals surface area contributed by atoms with E-state index >= 15 is 0 Å². The van der Waals surface area contributed by atoms with Crippen molar-refractivity contribution in [1.82, 2.24) is 9.97 Å². The molecular formula is C23H20N4. The van der Waals surface area contributed by atoms with Crippen LogP contribution in [0.2, 0.25) is 0 Å². The molecule has 1 N–H and O–H groups in total. The number of anilines is 4. The predicted molar refractivity (Wildman–Crippen MR) is 110 cm³/mol. The predicted octanol–water partition coefficient (Wildman–Crippen LogP) is 5.56. The van der Waals surface area contributed by atoms with Gasteiger partial charge in [-0.3, -0.25) is 0 Å². The maximum Gasteiger partial charge on any atom is 0.229 e. The van der Waals surface area contributed by atoms with Crippen LogP contribution in [0.25, 0.3) is 0 Å². The van der Waals surface area contributed by atoms with E-state index in [0.717, 1.165) is 23.7 Å². The highest BCUT2D eigenvalue weighted by Gasteiger charge is 2.12. The minimum atomic E-state index is 0.577. The highest BCUT2D eigenvalue weighted by molar-refractivity contribution is 5.62. The summed E-state index contributed by atoms with van der Waals surface area (Å²) in [7, 11) is 0. The zero-order chi connectivity index (χ0) is 18.3. The zero-order valence-corrected chi connectivity index (χ0v) is 14.9. The molecule has 0 unspecified atom stereocenters. The molecule has 1 aromatic heterocycles. The quantitative estimate of drug-likeness (QED) is 0.493. The van der Waals surface area contributed by atoms with Crippen molar-refractivity contribution < 1.29 is 0 Å². The largest absolute Gasteiger partial charge is 0.324 e. The molecule has 0 bridgehead atoms. The van der Waals surface area contributed by atoms with Gasteiger partial charge in [0.15, 0.2) is 0 Å². The lowest BCUT2D eigenvalue weighted by atomic mass is 10.2. The molecule has 132 valence electrons. The average molecular weight is 352 g/mol. The second kappa shape index (κ2) is 8.15. The summed E-state index contributed by atoms with van der Waals surface area (Å²) in [6, 6.07) is 32.6. The number of nitrogens with one attached hydrogen (secondary N) is 1. The van der Waals surface area contributed by atoms with Gasteiger partial charge in [-0.15, -0.1) is 0 Å². The maximum absolute atomic E-state index is 4.74. The first-order valence-corrected chi connectivity index (χ1v) is 8.90. The molecule has 0 aliphatic heterocycles. The van der Waals surface area contributed by atoms with E-state index in [1.54, 1.807) is 6.20 Å². The summed E-state index contributed by atoms with van der Waals surface area (Å²) in [6.07, 6.45) is 1.79. The van der Waals surface area contributed by atoms with Crippen LogP contribution in [-0.4, -0.2) is 9.97 Å². The van der Waals surface area contributed by atoms with E-state index in [-0.39, 0.29) is 0 Å². The normalized spacial score (nSPS) is 10.4. The Hall–Kier alpha value is -3.66. The molecule has 0 saturated carbocycles. The van der Waals surface area contributed by atoms with Gasteiger partial charge in [-0.2, -0.15) is 4.98 Å². The van der Waals surface area contributed by atoms with Crippen LogP contribution in [0.4, 0.5) is 23.1 Å². The number of hydrogen-bond acceptors (Lipinski definition) is 4. The number of benzene rings is 3. The molecule has 27 heavy (non-hydrogen) atoms. The lowest BCUT2D eigenvalue weighted by molar-refractivity contribution is 0.940. The van der Waals surface area contributed by atoms with Gasteiger partial charge in [0.05, 0.1) is 0 Å². The lowest BCUT2D eigenvalue weighted by Gasteiger charge is -2.24. The van der Waals surface area contributed by atoms with Crippen LogP contribution in [0.3, 0.4) is 0 Å². The van der Waals surface area contributed by atoms with E-state index in [1.165, 1.54) is 5.56 Å². The molecule has 4 heteroatoms. The second-order valence-electron chi connectivity index (χ2n) is 6.14. The van der Waals surface area contributed by atoms with E-state index in [0.29, 0.717) is 5.95 Å². The first kappa shape index (κ1) is 16.8. The van der Waals surface area contributed by atoms with E-state index in [4.69, 9.17) is 4.98 Å².